The molecule has 2 aromatic rings. The van der Waals surface area contributed by atoms with Gasteiger partial charge in [0.25, 0.3) is 0 Å². The molecule has 2 rings (SSSR count). The first kappa shape index (κ1) is 11.9. The van der Waals surface area contributed by atoms with Crippen LogP contribution >= 0.6 is 0 Å². The molecule has 0 spiro atoms. The van der Waals surface area contributed by atoms with E-state index in [0.717, 1.165) is 0 Å². The Morgan fingerprint density at radius 1 is 1.50 bits per heavy atom. The number of benzene rings is 1. The zero-order valence-corrected chi connectivity index (χ0v) is 9.83. The Balaban J connectivity index is 2.03. The maximum atomic E-state index is 11.8. The highest BCUT2D eigenvalue weighted by Gasteiger charge is 2.08. The molecule has 0 aliphatic carbocycles. The molecule has 7 nitrogen and oxygen atoms in total. The number of carbonyl (C=O) groups is 1. The van der Waals surface area contributed by atoms with Gasteiger partial charge in [0.15, 0.2) is 0 Å². The molecule has 94 valence electrons. The van der Waals surface area contributed by atoms with E-state index in [-0.39, 0.29) is 18.4 Å². The van der Waals surface area contributed by atoms with Crippen molar-refractivity contribution in [2.24, 2.45) is 0 Å². The summed E-state index contributed by atoms with van der Waals surface area (Å²) in [7, 11) is 1.54. The Kier molecular flexibility index (Phi) is 3.42. The van der Waals surface area contributed by atoms with Gasteiger partial charge in [-0.05, 0) is 12.1 Å². The van der Waals surface area contributed by atoms with E-state index in [2.05, 4.69) is 15.4 Å². The molecule has 7 heteroatoms. The van der Waals surface area contributed by atoms with Gasteiger partial charge >= 0.3 is 0 Å². The number of hydrogen-bond acceptors (Lipinski definition) is 5. The Morgan fingerprint density at radius 2 is 2.28 bits per heavy atom. The SMILES string of the molecule is COc1ccccc1NC(=O)Cn1cnc(N)n1. The van der Waals surface area contributed by atoms with E-state index in [1.54, 1.807) is 19.2 Å². The first-order chi connectivity index (χ1) is 8.69. The molecule has 1 amide bonds. The summed E-state index contributed by atoms with van der Waals surface area (Å²) in [6.07, 6.45) is 1.40. The molecular formula is C11H13N5O2. The average Bonchev–Trinajstić information content (AvgIpc) is 2.75. The van der Waals surface area contributed by atoms with Crippen molar-refractivity contribution in [3.05, 3.63) is 30.6 Å². The summed E-state index contributed by atoms with van der Waals surface area (Å²) in [6, 6.07) is 7.16. The lowest BCUT2D eigenvalue weighted by Gasteiger charge is -2.09. The van der Waals surface area contributed by atoms with Crippen molar-refractivity contribution in [2.75, 3.05) is 18.2 Å². The Morgan fingerprint density at radius 3 is 2.94 bits per heavy atom. The van der Waals surface area contributed by atoms with Gasteiger partial charge in [0.05, 0.1) is 12.8 Å². The van der Waals surface area contributed by atoms with Gasteiger partial charge in [-0.15, -0.1) is 5.10 Å². The molecule has 0 fully saturated rings. The van der Waals surface area contributed by atoms with Crippen LogP contribution in [0.3, 0.4) is 0 Å². The van der Waals surface area contributed by atoms with E-state index >= 15 is 0 Å². The average molecular weight is 247 g/mol. The highest BCUT2D eigenvalue weighted by molar-refractivity contribution is 5.92. The molecule has 0 saturated carbocycles. The van der Waals surface area contributed by atoms with E-state index in [0.29, 0.717) is 11.4 Å². The topological polar surface area (TPSA) is 95.1 Å². The minimum atomic E-state index is -0.232. The summed E-state index contributed by atoms with van der Waals surface area (Å²) in [5.74, 6) is 0.508. The Bertz CT molecular complexity index is 552. The third-order valence-electron chi connectivity index (χ3n) is 2.24. The molecule has 0 radical (unpaired) electrons. The predicted molar refractivity (Wildman–Crippen MR) is 66.1 cm³/mol. The molecule has 1 aromatic carbocycles. The van der Waals surface area contributed by atoms with Crippen LogP contribution in [0.4, 0.5) is 11.6 Å². The van der Waals surface area contributed by atoms with Crippen LogP contribution in [-0.4, -0.2) is 27.8 Å². The third-order valence-corrected chi connectivity index (χ3v) is 2.24. The predicted octanol–water partition coefficient (Wildman–Crippen LogP) is 0.508. The van der Waals surface area contributed by atoms with Gasteiger partial charge in [0, 0.05) is 0 Å². The summed E-state index contributed by atoms with van der Waals surface area (Å²) >= 11 is 0. The van der Waals surface area contributed by atoms with Crippen molar-refractivity contribution in [1.29, 1.82) is 0 Å². The van der Waals surface area contributed by atoms with Crippen molar-refractivity contribution in [1.82, 2.24) is 14.8 Å². The number of nitrogens with one attached hydrogen (secondary N) is 1. The third kappa shape index (κ3) is 2.76. The summed E-state index contributed by atoms with van der Waals surface area (Å²) in [4.78, 5) is 15.5. The molecule has 3 N–H and O–H groups in total. The number of nitrogens with two attached hydrogens (primary N) is 1. The number of carbonyl (C=O) groups excluding carboxylic acids is 1. The number of amides is 1. The van der Waals surface area contributed by atoms with E-state index < -0.39 is 0 Å². The van der Waals surface area contributed by atoms with Crippen LogP contribution in [-0.2, 0) is 11.3 Å². The first-order valence-electron chi connectivity index (χ1n) is 5.27. The summed E-state index contributed by atoms with van der Waals surface area (Å²) < 4.78 is 6.49. The molecule has 0 bridgehead atoms. The van der Waals surface area contributed by atoms with Gasteiger partial charge in [-0.3, -0.25) is 4.79 Å². The van der Waals surface area contributed by atoms with Gasteiger partial charge in [0.2, 0.25) is 11.9 Å². The lowest BCUT2D eigenvalue weighted by Crippen LogP contribution is -2.19. The fraction of sp³-hybridized carbons (Fsp3) is 0.182. The number of para-hydroxylation sites is 2. The number of anilines is 2. The molecule has 1 aromatic heterocycles. The van der Waals surface area contributed by atoms with E-state index in [1.807, 2.05) is 12.1 Å². The lowest BCUT2D eigenvalue weighted by atomic mass is 10.3. The zero-order valence-electron chi connectivity index (χ0n) is 9.83. The number of nitrogen functional groups attached to an aromatic ring is 1. The zero-order chi connectivity index (χ0) is 13.0. The van der Waals surface area contributed by atoms with Gasteiger partial charge in [0.1, 0.15) is 18.6 Å². The van der Waals surface area contributed by atoms with Crippen molar-refractivity contribution in [3.8, 4) is 5.75 Å². The minimum absolute atomic E-state index is 0.0439. The summed E-state index contributed by atoms with van der Waals surface area (Å²) in [5.41, 5.74) is 5.97. The molecule has 0 aliphatic heterocycles. The van der Waals surface area contributed by atoms with Crippen molar-refractivity contribution in [2.45, 2.75) is 6.54 Å². The molecule has 18 heavy (non-hydrogen) atoms. The quantitative estimate of drug-likeness (QED) is 0.820. The highest BCUT2D eigenvalue weighted by atomic mass is 16.5. The molecule has 0 aliphatic rings. The van der Waals surface area contributed by atoms with Crippen LogP contribution < -0.4 is 15.8 Å². The molecule has 0 atom stereocenters. The van der Waals surface area contributed by atoms with Crippen LogP contribution in [0.5, 0.6) is 5.75 Å². The van der Waals surface area contributed by atoms with E-state index in [9.17, 15) is 4.79 Å². The number of ether oxygens (including phenoxy) is 1. The molecule has 1 heterocycles. The van der Waals surface area contributed by atoms with E-state index in [4.69, 9.17) is 10.5 Å². The van der Waals surface area contributed by atoms with Crippen LogP contribution in [0.1, 0.15) is 0 Å². The Hall–Kier alpha value is -2.57. The monoisotopic (exact) mass is 247 g/mol. The maximum absolute atomic E-state index is 11.8. The van der Waals surface area contributed by atoms with E-state index in [1.165, 1.54) is 11.0 Å². The first-order valence-corrected chi connectivity index (χ1v) is 5.27. The number of hydrogen-bond donors (Lipinski definition) is 2. The van der Waals surface area contributed by atoms with Crippen LogP contribution in [0.15, 0.2) is 30.6 Å². The van der Waals surface area contributed by atoms with Crippen LogP contribution in [0, 0.1) is 0 Å². The second-order valence-electron chi connectivity index (χ2n) is 3.55. The van der Waals surface area contributed by atoms with Gasteiger partial charge in [-0.25, -0.2) is 9.67 Å². The van der Waals surface area contributed by atoms with Gasteiger partial charge < -0.3 is 15.8 Å². The molecule has 0 saturated heterocycles. The number of aromatic nitrogens is 3. The second-order valence-corrected chi connectivity index (χ2v) is 3.55. The second kappa shape index (κ2) is 5.17. The fourth-order valence-corrected chi connectivity index (χ4v) is 1.47. The van der Waals surface area contributed by atoms with Crippen molar-refractivity contribution in [3.63, 3.8) is 0 Å². The summed E-state index contributed by atoms with van der Waals surface area (Å²) in [6.45, 7) is 0.0439. The molecular weight excluding hydrogens is 234 g/mol. The van der Waals surface area contributed by atoms with Gasteiger partial charge in [-0.1, -0.05) is 12.1 Å². The maximum Gasteiger partial charge on any atom is 0.246 e. The largest absolute Gasteiger partial charge is 0.495 e. The highest BCUT2D eigenvalue weighted by Crippen LogP contribution is 2.22. The Labute approximate surface area is 104 Å². The fourth-order valence-electron chi connectivity index (χ4n) is 1.47. The lowest BCUT2D eigenvalue weighted by molar-refractivity contribution is -0.116. The van der Waals surface area contributed by atoms with Crippen LogP contribution in [0.25, 0.3) is 0 Å². The van der Waals surface area contributed by atoms with Crippen LogP contribution in [0.2, 0.25) is 0 Å². The van der Waals surface area contributed by atoms with Gasteiger partial charge in [-0.2, -0.15) is 0 Å². The number of rotatable bonds is 4. The number of nitrogens with zero attached hydrogens (tertiary/aromatic N) is 3. The minimum Gasteiger partial charge on any atom is -0.495 e. The van der Waals surface area contributed by atoms with Crippen molar-refractivity contribution < 1.29 is 9.53 Å². The number of methoxy groups -OCH3 is 1. The molecule has 0 unspecified atom stereocenters. The summed E-state index contributed by atoms with van der Waals surface area (Å²) in [5, 5.41) is 6.55. The smallest absolute Gasteiger partial charge is 0.246 e. The standard InChI is InChI=1S/C11H13N5O2/c1-18-9-5-3-2-4-8(9)14-10(17)6-16-7-13-11(12)15-16/h2-5,7H,6H2,1H3,(H2,12,15)(H,14,17). The van der Waals surface area contributed by atoms with Crippen molar-refractivity contribution >= 4 is 17.5 Å². The normalized spacial score (nSPS) is 10.1.